The summed E-state index contributed by atoms with van der Waals surface area (Å²) in [6.07, 6.45) is 0. The average molecular weight is 471 g/mol. The van der Waals surface area contributed by atoms with Gasteiger partial charge in [-0.2, -0.15) is 5.26 Å². The molecule has 1 unspecified atom stereocenters. The average Bonchev–Trinajstić information content (AvgIpc) is 2.84. The summed E-state index contributed by atoms with van der Waals surface area (Å²) in [5, 5.41) is 20.9. The number of hydrogen-bond acceptors (Lipinski definition) is 8. The molecule has 0 saturated heterocycles. The van der Waals surface area contributed by atoms with Crippen molar-refractivity contribution >= 4 is 11.7 Å². The van der Waals surface area contributed by atoms with E-state index in [9.17, 15) is 20.2 Å². The number of carbonyl (C=O) groups excluding carboxylic acids is 1. The minimum Gasteiger partial charge on any atom is -0.482 e. The lowest BCUT2D eigenvalue weighted by atomic mass is 9.83. The van der Waals surface area contributed by atoms with Gasteiger partial charge >= 0.3 is 5.97 Å². The first-order valence-corrected chi connectivity index (χ1v) is 10.6. The molecule has 0 aliphatic carbocycles. The molecule has 0 saturated carbocycles. The summed E-state index contributed by atoms with van der Waals surface area (Å²) in [6, 6.07) is 18.3. The van der Waals surface area contributed by atoms with Crippen LogP contribution < -0.4 is 19.9 Å². The summed E-state index contributed by atoms with van der Waals surface area (Å²) in [7, 11) is 0. The van der Waals surface area contributed by atoms with Crippen molar-refractivity contribution in [2.45, 2.75) is 19.8 Å². The molecule has 1 atom stereocenters. The number of nitrogens with two attached hydrogens (primary N) is 1. The Labute approximate surface area is 201 Å². The summed E-state index contributed by atoms with van der Waals surface area (Å²) in [5.41, 5.74) is 9.06. The van der Waals surface area contributed by atoms with Crippen molar-refractivity contribution in [2.75, 3.05) is 6.61 Å². The molecule has 9 heteroatoms. The topological polar surface area (TPSA) is 138 Å². The van der Waals surface area contributed by atoms with Crippen LogP contribution in [0, 0.1) is 35.3 Å². The zero-order valence-electron chi connectivity index (χ0n) is 19.0. The summed E-state index contributed by atoms with van der Waals surface area (Å²) >= 11 is 0. The predicted molar refractivity (Wildman–Crippen MR) is 126 cm³/mol. The van der Waals surface area contributed by atoms with Gasteiger partial charge in [0.1, 0.15) is 28.9 Å². The van der Waals surface area contributed by atoms with Crippen molar-refractivity contribution in [1.82, 2.24) is 0 Å². The van der Waals surface area contributed by atoms with Crippen LogP contribution >= 0.6 is 0 Å². The first kappa shape index (κ1) is 23.3. The number of nitro benzene ring substituents is 1. The van der Waals surface area contributed by atoms with Crippen LogP contribution in [-0.2, 0) is 4.79 Å². The number of nitrogens with zero attached hydrogens (tertiary/aromatic N) is 2. The highest BCUT2D eigenvalue weighted by atomic mass is 16.6. The van der Waals surface area contributed by atoms with E-state index in [-0.39, 0.29) is 35.2 Å². The fourth-order valence-electron chi connectivity index (χ4n) is 3.84. The van der Waals surface area contributed by atoms with Gasteiger partial charge in [-0.15, -0.1) is 0 Å². The summed E-state index contributed by atoms with van der Waals surface area (Å²) in [4.78, 5) is 23.1. The van der Waals surface area contributed by atoms with Crippen LogP contribution in [0.5, 0.6) is 17.2 Å². The molecular weight excluding hydrogens is 450 g/mol. The largest absolute Gasteiger partial charge is 0.482 e. The molecule has 35 heavy (non-hydrogen) atoms. The molecule has 4 rings (SSSR count). The van der Waals surface area contributed by atoms with Crippen LogP contribution in [0.15, 0.2) is 72.1 Å². The normalized spacial score (nSPS) is 14.4. The van der Waals surface area contributed by atoms with E-state index in [2.05, 4.69) is 0 Å². The summed E-state index contributed by atoms with van der Waals surface area (Å²) in [6.45, 7) is 3.56. The third-order valence-electron chi connectivity index (χ3n) is 5.74. The number of carbonyl (C=O) groups is 1. The number of nitriles is 1. The van der Waals surface area contributed by atoms with Crippen molar-refractivity contribution in [3.8, 4) is 23.3 Å². The molecule has 0 fully saturated rings. The maximum Gasteiger partial charge on any atom is 0.349 e. The fourth-order valence-corrected chi connectivity index (χ4v) is 3.84. The Balaban J connectivity index is 1.57. The first-order chi connectivity index (χ1) is 16.8. The van der Waals surface area contributed by atoms with Gasteiger partial charge in [0, 0.05) is 23.8 Å². The van der Waals surface area contributed by atoms with Gasteiger partial charge in [0.25, 0.3) is 5.69 Å². The number of nitro groups is 1. The number of esters is 1. The number of allylic oxidation sites excluding steroid dienone is 1. The first-order valence-electron chi connectivity index (χ1n) is 10.6. The monoisotopic (exact) mass is 471 g/mol. The molecule has 0 bridgehead atoms. The van der Waals surface area contributed by atoms with Gasteiger partial charge in [0.15, 0.2) is 6.61 Å². The number of rotatable bonds is 6. The van der Waals surface area contributed by atoms with Crippen LogP contribution in [-0.4, -0.2) is 17.5 Å². The molecule has 9 nitrogen and oxygen atoms in total. The van der Waals surface area contributed by atoms with Crippen molar-refractivity contribution in [2.24, 2.45) is 5.73 Å². The Bertz CT molecular complexity index is 1410. The van der Waals surface area contributed by atoms with Crippen LogP contribution in [0.3, 0.4) is 0 Å². The number of non-ortho nitro benzene ring substituents is 1. The van der Waals surface area contributed by atoms with Crippen LogP contribution in [0.25, 0.3) is 0 Å². The molecule has 3 aromatic rings. The summed E-state index contributed by atoms with van der Waals surface area (Å²) < 4.78 is 16.6. The van der Waals surface area contributed by atoms with Gasteiger partial charge in [-0.25, -0.2) is 4.79 Å². The van der Waals surface area contributed by atoms with E-state index < -0.39 is 16.8 Å². The molecule has 2 N–H and O–H groups in total. The lowest BCUT2D eigenvalue weighted by Crippen LogP contribution is -2.22. The Morgan fingerprint density at radius 3 is 2.69 bits per heavy atom. The van der Waals surface area contributed by atoms with E-state index in [4.69, 9.17) is 19.9 Å². The molecule has 3 aromatic carbocycles. The van der Waals surface area contributed by atoms with Crippen LogP contribution in [0.1, 0.15) is 28.2 Å². The number of fused-ring (bicyclic) bond motifs is 1. The Kier molecular flexibility index (Phi) is 6.38. The Hall–Kier alpha value is -4.84. The zero-order valence-corrected chi connectivity index (χ0v) is 19.0. The molecule has 0 radical (unpaired) electrons. The van der Waals surface area contributed by atoms with Gasteiger partial charge < -0.3 is 19.9 Å². The second kappa shape index (κ2) is 9.57. The standard InChI is InChI=1S/C26H21N3O6/c1-15-5-3-8-22(16(15)2)33-14-24(30)34-19-9-10-20-23(12-19)35-26(28)21(13-27)25(20)17-6-4-7-18(11-17)29(31)32/h3-12,25H,14,28H2,1-2H3. The molecule has 0 aromatic heterocycles. The maximum atomic E-state index is 12.4. The molecule has 176 valence electrons. The molecule has 0 spiro atoms. The summed E-state index contributed by atoms with van der Waals surface area (Å²) in [5.74, 6) is -0.349. The van der Waals surface area contributed by atoms with Crippen molar-refractivity contribution in [3.05, 3.63) is 104 Å². The quantitative estimate of drug-likeness (QED) is 0.241. The van der Waals surface area contributed by atoms with E-state index in [1.807, 2.05) is 32.0 Å². The van der Waals surface area contributed by atoms with E-state index in [0.717, 1.165) is 11.1 Å². The van der Waals surface area contributed by atoms with Crippen molar-refractivity contribution in [3.63, 3.8) is 0 Å². The second-order valence-corrected chi connectivity index (χ2v) is 7.94. The number of hydrogen-bond donors (Lipinski definition) is 1. The highest BCUT2D eigenvalue weighted by Crippen LogP contribution is 2.44. The van der Waals surface area contributed by atoms with Crippen LogP contribution in [0.2, 0.25) is 0 Å². The van der Waals surface area contributed by atoms with E-state index in [1.165, 1.54) is 18.2 Å². The van der Waals surface area contributed by atoms with Crippen molar-refractivity contribution < 1.29 is 23.9 Å². The lowest BCUT2D eigenvalue weighted by Gasteiger charge is -2.26. The molecule has 1 aliphatic heterocycles. The maximum absolute atomic E-state index is 12.4. The zero-order chi connectivity index (χ0) is 25.1. The van der Waals surface area contributed by atoms with Crippen molar-refractivity contribution in [1.29, 1.82) is 5.26 Å². The third kappa shape index (κ3) is 4.77. The molecule has 1 heterocycles. The van der Waals surface area contributed by atoms with E-state index in [0.29, 0.717) is 16.9 Å². The van der Waals surface area contributed by atoms with E-state index >= 15 is 0 Å². The highest BCUT2D eigenvalue weighted by Gasteiger charge is 2.32. The van der Waals surface area contributed by atoms with Gasteiger partial charge in [-0.1, -0.05) is 30.3 Å². The molecule has 1 aliphatic rings. The number of aryl methyl sites for hydroxylation is 1. The van der Waals surface area contributed by atoms with Crippen LogP contribution in [0.4, 0.5) is 5.69 Å². The Morgan fingerprint density at radius 2 is 1.94 bits per heavy atom. The minimum atomic E-state index is -0.680. The van der Waals surface area contributed by atoms with E-state index in [1.54, 1.807) is 30.3 Å². The second-order valence-electron chi connectivity index (χ2n) is 7.94. The predicted octanol–water partition coefficient (Wildman–Crippen LogP) is 4.41. The fraction of sp³-hybridized carbons (Fsp3) is 0.154. The SMILES string of the molecule is Cc1cccc(OCC(=O)Oc2ccc3c(c2)OC(N)=C(C#N)C3c2cccc([N+](=O)[O-])c2)c1C. The molecule has 0 amide bonds. The van der Waals surface area contributed by atoms with Gasteiger partial charge in [-0.05, 0) is 42.7 Å². The number of benzene rings is 3. The minimum absolute atomic E-state index is 0.110. The number of ether oxygens (including phenoxy) is 3. The van der Waals surface area contributed by atoms with Gasteiger partial charge in [-0.3, -0.25) is 10.1 Å². The third-order valence-corrected chi connectivity index (χ3v) is 5.74. The highest BCUT2D eigenvalue weighted by molar-refractivity contribution is 5.74. The van der Waals surface area contributed by atoms with Gasteiger partial charge in [0.05, 0.1) is 10.8 Å². The Morgan fingerprint density at radius 1 is 1.17 bits per heavy atom. The lowest BCUT2D eigenvalue weighted by molar-refractivity contribution is -0.384. The smallest absolute Gasteiger partial charge is 0.349 e. The van der Waals surface area contributed by atoms with Gasteiger partial charge in [0.2, 0.25) is 5.88 Å². The molecular formula is C26H21N3O6.